The molecule has 0 aromatic rings. The van der Waals surface area contributed by atoms with Gasteiger partial charge in [0.25, 0.3) is 0 Å². The van der Waals surface area contributed by atoms with Gasteiger partial charge in [-0.25, -0.2) is 4.79 Å². The second-order valence-electron chi connectivity index (χ2n) is 15.8. The number of aliphatic hydroxyl groups excluding tert-OH is 1. The number of carbonyl (C=O) groups excluding carboxylic acids is 6. The van der Waals surface area contributed by atoms with Crippen LogP contribution in [-0.4, -0.2) is 75.7 Å². The molecule has 12 heteroatoms. The molecule has 16 atom stereocenters. The fraction of sp³-hybridized carbons (Fsp3) is 0.722. The molecule has 2 N–H and O–H groups in total. The van der Waals surface area contributed by atoms with Crippen LogP contribution in [0, 0.1) is 63.6 Å². The molecule has 10 unspecified atom stereocenters. The molecule has 1 saturated heterocycles. The first-order valence-electron chi connectivity index (χ1n) is 16.8. The van der Waals surface area contributed by atoms with Crippen LogP contribution in [0.2, 0.25) is 0 Å². The van der Waals surface area contributed by atoms with Crippen molar-refractivity contribution in [2.45, 2.75) is 98.8 Å². The van der Waals surface area contributed by atoms with Crippen LogP contribution >= 0.6 is 0 Å². The molecule has 0 bridgehead atoms. The monoisotopic (exact) mass is 670 g/mol. The fourth-order valence-electron chi connectivity index (χ4n) is 11.8. The van der Waals surface area contributed by atoms with Gasteiger partial charge in [-0.1, -0.05) is 26.8 Å². The van der Waals surface area contributed by atoms with E-state index in [1.54, 1.807) is 32.1 Å². The lowest BCUT2D eigenvalue weighted by molar-refractivity contribution is -0.245. The van der Waals surface area contributed by atoms with Gasteiger partial charge in [-0.2, -0.15) is 0 Å². The first-order valence-corrected chi connectivity index (χ1v) is 16.8. The second-order valence-corrected chi connectivity index (χ2v) is 15.8. The fourth-order valence-corrected chi connectivity index (χ4v) is 11.8. The molecule has 5 aliphatic carbocycles. The Bertz CT molecular complexity index is 1560. The number of hydrogen-bond donors (Lipinski definition) is 2. The number of hydrogen-bond acceptors (Lipinski definition) is 12. The molecule has 4 fully saturated rings. The predicted octanol–water partition coefficient (Wildman–Crippen LogP) is 2.47. The van der Waals surface area contributed by atoms with E-state index in [1.165, 1.54) is 34.6 Å². The van der Waals surface area contributed by atoms with Crippen LogP contribution < -0.4 is 0 Å². The first kappa shape index (κ1) is 34.5. The number of carbonyl (C=O) groups is 6. The lowest BCUT2D eigenvalue weighted by atomic mass is 9.39. The van der Waals surface area contributed by atoms with Crippen molar-refractivity contribution < 1.29 is 57.9 Å². The minimum Gasteiger partial charge on any atom is -0.462 e. The van der Waals surface area contributed by atoms with E-state index < -0.39 is 123 Å². The van der Waals surface area contributed by atoms with Crippen molar-refractivity contribution in [1.29, 1.82) is 0 Å². The molecule has 1 heterocycles. The molecule has 0 radical (unpaired) electrons. The van der Waals surface area contributed by atoms with Crippen molar-refractivity contribution >= 4 is 35.4 Å². The maximum Gasteiger partial charge on any atom is 0.343 e. The number of ether oxygens (including phenoxy) is 4. The maximum atomic E-state index is 14.4. The molecule has 262 valence electrons. The van der Waals surface area contributed by atoms with Gasteiger partial charge in [-0.05, 0) is 57.1 Å². The molecule has 1 aliphatic heterocycles. The summed E-state index contributed by atoms with van der Waals surface area (Å²) >= 11 is 0. The van der Waals surface area contributed by atoms with Gasteiger partial charge in [0.1, 0.15) is 36.0 Å². The standard InChI is InChI=1S/C36H46O12/c1-14-13-21-35(8,36(9,44)32(43)48-21)27-24(14)34(7)26(30(27)46-17(4)39)23-25(22(15(2)37)31(34)47-18(5)40)33(6)19(28(41)29(23)42)11-10-12-20(33)45-16(3)38/h10,12-14,19-20,22-27,29-31,42,44H,11H2,1-9H3/t14?,19?,20-,22?,23?,24?,25?,26?,27?,29?,30?,31-,33+,34+,35-,36+/m0/s1. The minimum absolute atomic E-state index is 0.217. The van der Waals surface area contributed by atoms with Crippen LogP contribution in [0.4, 0.5) is 0 Å². The summed E-state index contributed by atoms with van der Waals surface area (Å²) in [7, 11) is 0. The van der Waals surface area contributed by atoms with Crippen LogP contribution in [-0.2, 0) is 47.7 Å². The third-order valence-corrected chi connectivity index (χ3v) is 13.6. The SMILES string of the molecule is CC(=O)OC1C2C3C(O)C(=O)C4CC=C[C@H](OC(C)=O)[C@]4(C)C3C(C(C)=O)[C@H](OC(C)=O)[C@]2(C)C2C(C)C=C3OC(=O)[C@@](C)(O)[C@]3(C)C12. The van der Waals surface area contributed by atoms with Crippen molar-refractivity contribution in [3.63, 3.8) is 0 Å². The lowest BCUT2D eigenvalue weighted by Crippen LogP contribution is -2.72. The summed E-state index contributed by atoms with van der Waals surface area (Å²) in [4.78, 5) is 80.2. The summed E-state index contributed by atoms with van der Waals surface area (Å²) < 4.78 is 23.9. The molecule has 0 amide bonds. The summed E-state index contributed by atoms with van der Waals surface area (Å²) in [5.74, 6) is -10.1. The third kappa shape index (κ3) is 4.13. The summed E-state index contributed by atoms with van der Waals surface area (Å²) in [5, 5.41) is 24.0. The molecule has 0 spiro atoms. The van der Waals surface area contributed by atoms with Gasteiger partial charge in [-0.3, -0.25) is 24.0 Å². The Labute approximate surface area is 279 Å². The molecular formula is C36H46O12. The normalized spacial score (nSPS) is 50.0. The Hall–Kier alpha value is -3.38. The number of aliphatic hydroxyl groups is 2. The zero-order valence-corrected chi connectivity index (χ0v) is 28.8. The highest BCUT2D eigenvalue weighted by Gasteiger charge is 2.82. The van der Waals surface area contributed by atoms with Crippen molar-refractivity contribution in [2.24, 2.45) is 63.6 Å². The molecule has 0 aromatic heterocycles. The van der Waals surface area contributed by atoms with E-state index in [0.29, 0.717) is 0 Å². The molecule has 48 heavy (non-hydrogen) atoms. The van der Waals surface area contributed by atoms with Crippen LogP contribution in [0.5, 0.6) is 0 Å². The average molecular weight is 671 g/mol. The molecule has 3 saturated carbocycles. The van der Waals surface area contributed by atoms with Gasteiger partial charge in [0.2, 0.25) is 0 Å². The highest BCUT2D eigenvalue weighted by molar-refractivity contribution is 5.90. The van der Waals surface area contributed by atoms with E-state index in [1.807, 2.05) is 13.8 Å². The maximum absolute atomic E-state index is 14.4. The molecule has 0 aromatic carbocycles. The number of rotatable bonds is 4. The quantitative estimate of drug-likeness (QED) is 0.254. The van der Waals surface area contributed by atoms with Crippen molar-refractivity contribution in [2.75, 3.05) is 0 Å². The highest BCUT2D eigenvalue weighted by Crippen LogP contribution is 2.76. The van der Waals surface area contributed by atoms with Crippen LogP contribution in [0.15, 0.2) is 24.0 Å². The van der Waals surface area contributed by atoms with E-state index in [2.05, 4.69) is 0 Å². The number of esters is 4. The van der Waals surface area contributed by atoms with E-state index in [-0.39, 0.29) is 18.0 Å². The largest absolute Gasteiger partial charge is 0.462 e. The van der Waals surface area contributed by atoms with Gasteiger partial charge in [0.15, 0.2) is 11.4 Å². The van der Waals surface area contributed by atoms with Crippen LogP contribution in [0.25, 0.3) is 0 Å². The van der Waals surface area contributed by atoms with Gasteiger partial charge in [0.05, 0.1) is 11.3 Å². The Morgan fingerprint density at radius 1 is 0.854 bits per heavy atom. The van der Waals surface area contributed by atoms with E-state index in [4.69, 9.17) is 18.9 Å². The average Bonchev–Trinajstić information content (AvgIpc) is 3.32. The summed E-state index contributed by atoms with van der Waals surface area (Å²) in [5.41, 5.74) is -6.03. The van der Waals surface area contributed by atoms with Gasteiger partial charge >= 0.3 is 23.9 Å². The highest BCUT2D eigenvalue weighted by atomic mass is 16.6. The number of allylic oxidation sites excluding steroid dienone is 2. The second kappa shape index (κ2) is 10.8. The molecular weight excluding hydrogens is 624 g/mol. The summed E-state index contributed by atoms with van der Waals surface area (Å²) in [6.07, 6.45) is 0.510. The van der Waals surface area contributed by atoms with Gasteiger partial charge in [0, 0.05) is 55.3 Å². The number of fused-ring (bicyclic) bond motifs is 9. The topological polar surface area (TPSA) is 180 Å². The lowest BCUT2D eigenvalue weighted by Gasteiger charge is -2.65. The van der Waals surface area contributed by atoms with Gasteiger partial charge < -0.3 is 29.2 Å². The number of Topliss-reactive ketones (excluding diaryl/α,β-unsaturated/α-hetero) is 2. The number of ketones is 2. The van der Waals surface area contributed by atoms with Crippen molar-refractivity contribution in [3.05, 3.63) is 24.0 Å². The Morgan fingerprint density at radius 2 is 1.46 bits per heavy atom. The smallest absolute Gasteiger partial charge is 0.343 e. The van der Waals surface area contributed by atoms with Crippen molar-refractivity contribution in [1.82, 2.24) is 0 Å². The molecule has 6 aliphatic rings. The van der Waals surface area contributed by atoms with Crippen LogP contribution in [0.1, 0.15) is 68.7 Å². The zero-order valence-electron chi connectivity index (χ0n) is 28.8. The predicted molar refractivity (Wildman–Crippen MR) is 165 cm³/mol. The van der Waals surface area contributed by atoms with E-state index >= 15 is 0 Å². The van der Waals surface area contributed by atoms with Crippen molar-refractivity contribution in [3.8, 4) is 0 Å². The van der Waals surface area contributed by atoms with Gasteiger partial charge in [-0.15, -0.1) is 0 Å². The van der Waals surface area contributed by atoms with E-state index in [9.17, 15) is 39.0 Å². The Balaban J connectivity index is 1.69. The van der Waals surface area contributed by atoms with Crippen LogP contribution in [0.3, 0.4) is 0 Å². The summed E-state index contributed by atoms with van der Waals surface area (Å²) in [6.45, 7) is 13.6. The Kier molecular flexibility index (Phi) is 7.76. The Morgan fingerprint density at radius 3 is 2.02 bits per heavy atom. The molecule has 12 nitrogen and oxygen atoms in total. The molecule has 6 rings (SSSR count). The third-order valence-electron chi connectivity index (χ3n) is 13.6. The van der Waals surface area contributed by atoms with E-state index in [0.717, 1.165) is 0 Å². The first-order chi connectivity index (χ1) is 22.2. The zero-order chi connectivity index (χ0) is 35.6. The summed E-state index contributed by atoms with van der Waals surface area (Å²) in [6, 6.07) is 0. The minimum atomic E-state index is -2.08.